The lowest BCUT2D eigenvalue weighted by atomic mass is 10.2. The van der Waals surface area contributed by atoms with Gasteiger partial charge in [0.1, 0.15) is 0 Å². The quantitative estimate of drug-likeness (QED) is 0.720. The molecule has 0 aliphatic carbocycles. The van der Waals surface area contributed by atoms with E-state index in [1.807, 2.05) is 37.3 Å². The van der Waals surface area contributed by atoms with Crippen LogP contribution in [0.15, 0.2) is 30.3 Å². The molecule has 0 radical (unpaired) electrons. The van der Waals surface area contributed by atoms with Crippen molar-refractivity contribution in [3.63, 3.8) is 0 Å². The van der Waals surface area contributed by atoms with Crippen LogP contribution < -0.4 is 5.32 Å². The number of para-hydroxylation sites is 1. The molecule has 1 unspecified atom stereocenters. The molecule has 0 aliphatic rings. The maximum absolute atomic E-state index is 12.0. The molecular formula is C16H27NO2Si. The number of rotatable bonds is 8. The van der Waals surface area contributed by atoms with E-state index in [0.29, 0.717) is 6.42 Å². The summed E-state index contributed by atoms with van der Waals surface area (Å²) in [7, 11) is -1.62. The third kappa shape index (κ3) is 5.10. The number of hydrogen-bond acceptors (Lipinski definition) is 2. The molecule has 20 heavy (non-hydrogen) atoms. The average molecular weight is 293 g/mol. The van der Waals surface area contributed by atoms with Gasteiger partial charge in [0, 0.05) is 5.69 Å². The molecule has 0 saturated carbocycles. The summed E-state index contributed by atoms with van der Waals surface area (Å²) in [5.41, 5.74) is 0.842. The first-order valence-electron chi connectivity index (χ1n) is 7.58. The molecule has 1 aromatic rings. The van der Waals surface area contributed by atoms with Crippen LogP contribution in [0.3, 0.4) is 0 Å². The van der Waals surface area contributed by atoms with Gasteiger partial charge in [-0.3, -0.25) is 4.79 Å². The van der Waals surface area contributed by atoms with Gasteiger partial charge in [-0.1, -0.05) is 39.0 Å². The third-order valence-corrected chi connectivity index (χ3v) is 8.68. The second kappa shape index (κ2) is 8.22. The van der Waals surface area contributed by atoms with E-state index in [4.69, 9.17) is 4.43 Å². The number of hydrogen-bond donors (Lipinski definition) is 1. The van der Waals surface area contributed by atoms with E-state index >= 15 is 0 Å². The largest absolute Gasteiger partial charge is 0.414 e. The zero-order valence-corrected chi connectivity index (χ0v) is 14.1. The standard InChI is InChI=1S/C16H27NO2Si/c1-5-20(6-2,7-3)19-14(4)13-16(18)17-15-11-9-8-10-12-15/h8-12,14H,5-7,13H2,1-4H3,(H,17,18). The highest BCUT2D eigenvalue weighted by molar-refractivity contribution is 6.73. The number of anilines is 1. The van der Waals surface area contributed by atoms with Crippen LogP contribution in [0.2, 0.25) is 18.1 Å². The highest BCUT2D eigenvalue weighted by Gasteiger charge is 2.31. The van der Waals surface area contributed by atoms with Crippen LogP contribution in [0.4, 0.5) is 5.69 Å². The Morgan fingerprint density at radius 1 is 1.15 bits per heavy atom. The van der Waals surface area contributed by atoms with Gasteiger partial charge < -0.3 is 9.74 Å². The predicted octanol–water partition coefficient (Wildman–Crippen LogP) is 4.43. The van der Waals surface area contributed by atoms with Gasteiger partial charge in [-0.25, -0.2) is 0 Å². The van der Waals surface area contributed by atoms with Crippen molar-refractivity contribution in [2.75, 3.05) is 5.32 Å². The van der Waals surface area contributed by atoms with Crippen molar-refractivity contribution in [3.8, 4) is 0 Å². The summed E-state index contributed by atoms with van der Waals surface area (Å²) in [6.45, 7) is 8.62. The molecule has 0 fully saturated rings. The fraction of sp³-hybridized carbons (Fsp3) is 0.562. The number of nitrogens with one attached hydrogen (secondary N) is 1. The molecule has 0 bridgehead atoms. The third-order valence-electron chi connectivity index (χ3n) is 3.91. The normalized spacial score (nSPS) is 13.0. The molecule has 1 atom stereocenters. The van der Waals surface area contributed by atoms with Crippen molar-refractivity contribution >= 4 is 19.9 Å². The van der Waals surface area contributed by atoms with Gasteiger partial charge in [-0.15, -0.1) is 0 Å². The zero-order valence-electron chi connectivity index (χ0n) is 13.1. The summed E-state index contributed by atoms with van der Waals surface area (Å²) < 4.78 is 6.27. The lowest BCUT2D eigenvalue weighted by Crippen LogP contribution is -2.40. The fourth-order valence-electron chi connectivity index (χ4n) is 2.46. The van der Waals surface area contributed by atoms with Gasteiger partial charge in [-0.05, 0) is 37.2 Å². The van der Waals surface area contributed by atoms with Crippen LogP contribution in [-0.2, 0) is 9.22 Å². The zero-order chi connectivity index (χ0) is 15.0. The first kappa shape index (κ1) is 16.9. The highest BCUT2D eigenvalue weighted by atomic mass is 28.4. The fourth-order valence-corrected chi connectivity index (χ4v) is 5.40. The lowest BCUT2D eigenvalue weighted by molar-refractivity contribution is -0.117. The minimum atomic E-state index is -1.62. The molecule has 112 valence electrons. The molecule has 0 spiro atoms. The topological polar surface area (TPSA) is 38.3 Å². The van der Waals surface area contributed by atoms with E-state index in [1.165, 1.54) is 0 Å². The number of benzene rings is 1. The van der Waals surface area contributed by atoms with Crippen LogP contribution in [0.25, 0.3) is 0 Å². The Labute approximate surface area is 123 Å². The Kier molecular flexibility index (Phi) is 6.95. The molecule has 1 aromatic carbocycles. The summed E-state index contributed by atoms with van der Waals surface area (Å²) in [6.07, 6.45) is 0.411. The molecule has 3 nitrogen and oxygen atoms in total. The van der Waals surface area contributed by atoms with Crippen molar-refractivity contribution < 1.29 is 9.22 Å². The van der Waals surface area contributed by atoms with E-state index in [1.54, 1.807) is 0 Å². The smallest absolute Gasteiger partial charge is 0.226 e. The maximum atomic E-state index is 12.0. The molecule has 1 amide bonds. The second-order valence-corrected chi connectivity index (χ2v) is 10.0. The van der Waals surface area contributed by atoms with E-state index < -0.39 is 8.32 Å². The van der Waals surface area contributed by atoms with Crippen LogP contribution in [0, 0.1) is 0 Å². The van der Waals surface area contributed by atoms with Gasteiger partial charge in [0.05, 0.1) is 12.5 Å². The van der Waals surface area contributed by atoms with Crippen LogP contribution in [-0.4, -0.2) is 20.3 Å². The van der Waals surface area contributed by atoms with Crippen molar-refractivity contribution in [1.29, 1.82) is 0 Å². The monoisotopic (exact) mass is 293 g/mol. The molecular weight excluding hydrogens is 266 g/mol. The van der Waals surface area contributed by atoms with Crippen molar-refractivity contribution in [1.82, 2.24) is 0 Å². The van der Waals surface area contributed by atoms with Gasteiger partial charge in [0.25, 0.3) is 0 Å². The molecule has 0 aliphatic heterocycles. The van der Waals surface area contributed by atoms with Crippen LogP contribution >= 0.6 is 0 Å². The minimum absolute atomic E-state index is 0.00905. The molecule has 1 N–H and O–H groups in total. The van der Waals surface area contributed by atoms with Gasteiger partial charge >= 0.3 is 0 Å². The molecule has 0 aromatic heterocycles. The van der Waals surface area contributed by atoms with Crippen LogP contribution in [0.1, 0.15) is 34.1 Å². The van der Waals surface area contributed by atoms with Gasteiger partial charge in [-0.2, -0.15) is 0 Å². The molecule has 0 heterocycles. The Hall–Kier alpha value is -1.13. The van der Waals surface area contributed by atoms with Gasteiger partial charge in [0.2, 0.25) is 5.91 Å². The first-order valence-corrected chi connectivity index (χ1v) is 10.1. The Bertz CT molecular complexity index is 396. The summed E-state index contributed by atoms with van der Waals surface area (Å²) in [4.78, 5) is 12.0. The number of carbonyl (C=O) groups is 1. The summed E-state index contributed by atoms with van der Waals surface area (Å²) in [6, 6.07) is 12.9. The average Bonchev–Trinajstić information content (AvgIpc) is 2.45. The van der Waals surface area contributed by atoms with Crippen molar-refractivity contribution in [2.24, 2.45) is 0 Å². The summed E-state index contributed by atoms with van der Waals surface area (Å²) in [5, 5.41) is 2.91. The highest BCUT2D eigenvalue weighted by Crippen LogP contribution is 2.24. The summed E-state index contributed by atoms with van der Waals surface area (Å²) >= 11 is 0. The lowest BCUT2D eigenvalue weighted by Gasteiger charge is -2.31. The van der Waals surface area contributed by atoms with E-state index in [-0.39, 0.29) is 12.0 Å². The number of carbonyl (C=O) groups excluding carboxylic acids is 1. The van der Waals surface area contributed by atoms with Crippen LogP contribution in [0.5, 0.6) is 0 Å². The molecule has 0 saturated heterocycles. The minimum Gasteiger partial charge on any atom is -0.414 e. The molecule has 4 heteroatoms. The number of amides is 1. The van der Waals surface area contributed by atoms with E-state index in [2.05, 4.69) is 26.1 Å². The summed E-state index contributed by atoms with van der Waals surface area (Å²) in [5.74, 6) is 0.0231. The SMILES string of the molecule is CC[Si](CC)(CC)OC(C)CC(=O)Nc1ccccc1. The molecule has 1 rings (SSSR count). The Morgan fingerprint density at radius 3 is 2.20 bits per heavy atom. The Morgan fingerprint density at radius 2 is 1.70 bits per heavy atom. The second-order valence-electron chi connectivity index (χ2n) is 5.29. The van der Waals surface area contributed by atoms with E-state index in [9.17, 15) is 4.79 Å². The van der Waals surface area contributed by atoms with E-state index in [0.717, 1.165) is 23.8 Å². The van der Waals surface area contributed by atoms with Crippen molar-refractivity contribution in [3.05, 3.63) is 30.3 Å². The van der Waals surface area contributed by atoms with Crippen molar-refractivity contribution in [2.45, 2.75) is 58.4 Å². The Balaban J connectivity index is 2.49. The predicted molar refractivity (Wildman–Crippen MR) is 87.4 cm³/mol. The maximum Gasteiger partial charge on any atom is 0.226 e. The van der Waals surface area contributed by atoms with Gasteiger partial charge in [0.15, 0.2) is 8.32 Å². The first-order chi connectivity index (χ1) is 9.55.